The molecule has 2 aromatic carbocycles. The molecule has 2 aromatic rings. The number of allylic oxidation sites excluding steroid dienone is 2. The number of carbonyl (C=O) groups excluding carboxylic acids is 1. The summed E-state index contributed by atoms with van der Waals surface area (Å²) in [6.45, 7) is 1.28. The van der Waals surface area contributed by atoms with Gasteiger partial charge >= 0.3 is 6.61 Å². The Morgan fingerprint density at radius 2 is 1.76 bits per heavy atom. The molecule has 130 valence electrons. The number of rotatable bonds is 4. The minimum atomic E-state index is -2.88. The van der Waals surface area contributed by atoms with E-state index in [0.717, 1.165) is 16.9 Å². The van der Waals surface area contributed by atoms with Gasteiger partial charge in [-0.3, -0.25) is 4.79 Å². The first-order valence-electron chi connectivity index (χ1n) is 7.95. The van der Waals surface area contributed by atoms with Gasteiger partial charge in [0.05, 0.1) is 0 Å². The lowest BCUT2D eigenvalue weighted by Crippen LogP contribution is -2.24. The standard InChI is InChI=1S/C20H19F2NO2/c1-20(2)15-6-4-5-7-16(15)23(3)18(20)12-17(24)13-8-10-14(11-9-13)25-19(21)22/h4-12,19H,1-3H3/b18-12+. The van der Waals surface area contributed by atoms with Crippen LogP contribution in [0.1, 0.15) is 29.8 Å². The lowest BCUT2D eigenvalue weighted by Gasteiger charge is -2.24. The molecule has 25 heavy (non-hydrogen) atoms. The molecule has 0 bridgehead atoms. The number of nitrogens with zero attached hydrogens (tertiary/aromatic N) is 1. The van der Waals surface area contributed by atoms with Crippen LogP contribution in [-0.4, -0.2) is 19.4 Å². The largest absolute Gasteiger partial charge is 0.435 e. The van der Waals surface area contributed by atoms with Crippen molar-refractivity contribution in [3.8, 4) is 5.75 Å². The summed E-state index contributed by atoms with van der Waals surface area (Å²) in [5.41, 5.74) is 3.27. The van der Waals surface area contributed by atoms with Gasteiger partial charge in [-0.2, -0.15) is 8.78 Å². The molecule has 3 rings (SSSR count). The Morgan fingerprint density at radius 3 is 2.36 bits per heavy atom. The van der Waals surface area contributed by atoms with Crippen molar-refractivity contribution >= 4 is 11.5 Å². The van der Waals surface area contributed by atoms with Gasteiger partial charge in [0, 0.05) is 35.5 Å². The SMILES string of the molecule is CN1/C(=C/C(=O)c2ccc(OC(F)F)cc2)C(C)(C)c2ccccc21. The first-order valence-corrected chi connectivity index (χ1v) is 7.95. The van der Waals surface area contributed by atoms with Gasteiger partial charge in [0.25, 0.3) is 0 Å². The zero-order valence-corrected chi connectivity index (χ0v) is 14.3. The summed E-state index contributed by atoms with van der Waals surface area (Å²) >= 11 is 0. The van der Waals surface area contributed by atoms with Gasteiger partial charge in [0.2, 0.25) is 0 Å². The molecule has 0 fully saturated rings. The quantitative estimate of drug-likeness (QED) is 0.591. The molecule has 0 unspecified atom stereocenters. The maximum Gasteiger partial charge on any atom is 0.387 e. The molecule has 3 nitrogen and oxygen atoms in total. The first kappa shape index (κ1) is 17.1. The third kappa shape index (κ3) is 3.14. The van der Waals surface area contributed by atoms with Crippen LogP contribution in [0.3, 0.4) is 0 Å². The van der Waals surface area contributed by atoms with E-state index in [0.29, 0.717) is 5.56 Å². The van der Waals surface area contributed by atoms with E-state index in [1.54, 1.807) is 6.08 Å². The Balaban J connectivity index is 1.89. The van der Waals surface area contributed by atoms with E-state index in [1.165, 1.54) is 24.3 Å². The van der Waals surface area contributed by atoms with Gasteiger partial charge < -0.3 is 9.64 Å². The number of likely N-dealkylation sites (N-methyl/N-ethyl adjacent to an activating group) is 1. The number of alkyl halides is 2. The van der Waals surface area contributed by atoms with Crippen molar-refractivity contribution in [2.45, 2.75) is 25.9 Å². The zero-order chi connectivity index (χ0) is 18.2. The zero-order valence-electron chi connectivity index (χ0n) is 14.3. The smallest absolute Gasteiger partial charge is 0.387 e. The number of hydrogen-bond donors (Lipinski definition) is 0. The van der Waals surface area contributed by atoms with Gasteiger partial charge in [-0.1, -0.05) is 32.0 Å². The summed E-state index contributed by atoms with van der Waals surface area (Å²) in [4.78, 5) is 14.6. The highest BCUT2D eigenvalue weighted by atomic mass is 19.3. The molecule has 0 atom stereocenters. The fourth-order valence-corrected chi connectivity index (χ4v) is 3.27. The second kappa shape index (κ2) is 6.31. The third-order valence-corrected chi connectivity index (χ3v) is 4.57. The molecule has 1 aliphatic rings. The second-order valence-electron chi connectivity index (χ2n) is 6.50. The van der Waals surface area contributed by atoms with Gasteiger partial charge in [0.1, 0.15) is 5.75 Å². The number of halogens is 2. The van der Waals surface area contributed by atoms with Crippen LogP contribution in [0.4, 0.5) is 14.5 Å². The molecule has 0 amide bonds. The Hall–Kier alpha value is -2.69. The third-order valence-electron chi connectivity index (χ3n) is 4.57. The van der Waals surface area contributed by atoms with Gasteiger partial charge in [-0.15, -0.1) is 0 Å². The Labute approximate surface area is 145 Å². The number of fused-ring (bicyclic) bond motifs is 1. The number of anilines is 1. The Morgan fingerprint density at radius 1 is 1.12 bits per heavy atom. The molecule has 0 saturated carbocycles. The topological polar surface area (TPSA) is 29.5 Å². The highest BCUT2D eigenvalue weighted by Gasteiger charge is 2.38. The summed E-state index contributed by atoms with van der Waals surface area (Å²) in [7, 11) is 1.94. The van der Waals surface area contributed by atoms with Crippen LogP contribution in [0.25, 0.3) is 0 Å². The van der Waals surface area contributed by atoms with Crippen molar-refractivity contribution in [3.63, 3.8) is 0 Å². The van der Waals surface area contributed by atoms with Gasteiger partial charge in [-0.25, -0.2) is 0 Å². The van der Waals surface area contributed by atoms with E-state index in [1.807, 2.05) is 30.1 Å². The van der Waals surface area contributed by atoms with Crippen molar-refractivity contribution in [2.75, 3.05) is 11.9 Å². The fraction of sp³-hybridized carbons (Fsp3) is 0.250. The van der Waals surface area contributed by atoms with Crippen molar-refractivity contribution in [3.05, 3.63) is 71.4 Å². The van der Waals surface area contributed by atoms with E-state index >= 15 is 0 Å². The number of carbonyl (C=O) groups is 1. The van der Waals surface area contributed by atoms with E-state index in [9.17, 15) is 13.6 Å². The predicted octanol–water partition coefficient (Wildman–Crippen LogP) is 4.78. The molecule has 0 aromatic heterocycles. The van der Waals surface area contributed by atoms with Crippen LogP contribution in [0.15, 0.2) is 60.3 Å². The molecule has 0 N–H and O–H groups in total. The number of para-hydroxylation sites is 1. The Kier molecular flexibility index (Phi) is 4.33. The first-order chi connectivity index (χ1) is 11.8. The summed E-state index contributed by atoms with van der Waals surface area (Å²) in [5, 5.41) is 0. The summed E-state index contributed by atoms with van der Waals surface area (Å²) < 4.78 is 28.7. The predicted molar refractivity (Wildman–Crippen MR) is 93.4 cm³/mol. The average Bonchev–Trinajstić information content (AvgIpc) is 2.76. The minimum absolute atomic E-state index is 0.0323. The fourth-order valence-electron chi connectivity index (χ4n) is 3.27. The number of ether oxygens (including phenoxy) is 1. The summed E-state index contributed by atoms with van der Waals surface area (Å²) in [5.74, 6) is -0.142. The van der Waals surface area contributed by atoms with Crippen molar-refractivity contribution in [1.29, 1.82) is 0 Å². The molecule has 0 spiro atoms. The molecule has 0 radical (unpaired) electrons. The van der Waals surface area contributed by atoms with Gasteiger partial charge in [0.15, 0.2) is 5.78 Å². The van der Waals surface area contributed by atoms with Crippen LogP contribution in [0.2, 0.25) is 0 Å². The van der Waals surface area contributed by atoms with Gasteiger partial charge in [-0.05, 0) is 35.9 Å². The highest BCUT2D eigenvalue weighted by Crippen LogP contribution is 2.46. The van der Waals surface area contributed by atoms with Crippen molar-refractivity contribution < 1.29 is 18.3 Å². The number of ketones is 1. The van der Waals surface area contributed by atoms with Crippen molar-refractivity contribution in [1.82, 2.24) is 0 Å². The molecular formula is C20H19F2NO2. The normalized spacial score (nSPS) is 17.0. The van der Waals surface area contributed by atoms with E-state index < -0.39 is 6.61 Å². The molecule has 0 aliphatic carbocycles. The molecular weight excluding hydrogens is 324 g/mol. The number of hydrogen-bond acceptors (Lipinski definition) is 3. The van der Waals surface area contributed by atoms with Crippen LogP contribution in [-0.2, 0) is 5.41 Å². The molecule has 5 heteroatoms. The van der Waals surface area contributed by atoms with E-state index in [-0.39, 0.29) is 16.9 Å². The van der Waals surface area contributed by atoms with Crippen molar-refractivity contribution in [2.24, 2.45) is 0 Å². The monoisotopic (exact) mass is 343 g/mol. The number of benzene rings is 2. The summed E-state index contributed by atoms with van der Waals surface area (Å²) in [6.07, 6.45) is 1.61. The average molecular weight is 343 g/mol. The Bertz CT molecular complexity index is 826. The van der Waals surface area contributed by atoms with Crippen LogP contribution in [0, 0.1) is 0 Å². The maximum absolute atomic E-state index is 12.6. The minimum Gasteiger partial charge on any atom is -0.435 e. The van der Waals surface area contributed by atoms with Crippen LogP contribution in [0.5, 0.6) is 5.75 Å². The van der Waals surface area contributed by atoms with Crippen LogP contribution >= 0.6 is 0 Å². The highest BCUT2D eigenvalue weighted by molar-refractivity contribution is 6.05. The summed E-state index contributed by atoms with van der Waals surface area (Å²) in [6, 6.07) is 13.8. The molecule has 0 saturated heterocycles. The molecule has 1 aliphatic heterocycles. The molecule has 1 heterocycles. The second-order valence-corrected chi connectivity index (χ2v) is 6.50. The van der Waals surface area contributed by atoms with Crippen LogP contribution < -0.4 is 9.64 Å². The lowest BCUT2D eigenvalue weighted by atomic mass is 9.83. The van der Waals surface area contributed by atoms with E-state index in [2.05, 4.69) is 24.7 Å². The lowest BCUT2D eigenvalue weighted by molar-refractivity contribution is -0.0498. The van der Waals surface area contributed by atoms with E-state index in [4.69, 9.17) is 0 Å². The maximum atomic E-state index is 12.6.